The highest BCUT2D eigenvalue weighted by atomic mass is 32.2. The van der Waals surface area contributed by atoms with E-state index in [1.807, 2.05) is 25.3 Å². The molecule has 126 valence electrons. The van der Waals surface area contributed by atoms with Crippen LogP contribution in [-0.4, -0.2) is 20.5 Å². The van der Waals surface area contributed by atoms with E-state index in [0.717, 1.165) is 46.2 Å². The van der Waals surface area contributed by atoms with Gasteiger partial charge in [-0.3, -0.25) is 0 Å². The predicted octanol–water partition coefficient (Wildman–Crippen LogP) is 3.55. The van der Waals surface area contributed by atoms with Crippen LogP contribution < -0.4 is 11.5 Å². The van der Waals surface area contributed by atoms with Gasteiger partial charge in [-0.25, -0.2) is 9.50 Å². The van der Waals surface area contributed by atoms with Crippen molar-refractivity contribution in [3.63, 3.8) is 0 Å². The first kappa shape index (κ1) is 17.8. The number of imidazole rings is 1. The Hall–Kier alpha value is -1.53. The Morgan fingerprint density at radius 1 is 1.30 bits per heavy atom. The summed E-state index contributed by atoms with van der Waals surface area (Å²) in [7, 11) is 0. The van der Waals surface area contributed by atoms with E-state index in [0.29, 0.717) is 11.8 Å². The summed E-state index contributed by atoms with van der Waals surface area (Å²) in [4.78, 5) is 5.78. The molecule has 6 heteroatoms. The zero-order valence-electron chi connectivity index (χ0n) is 14.7. The third-order valence-electron chi connectivity index (χ3n) is 4.14. The Morgan fingerprint density at radius 2 is 1.96 bits per heavy atom. The van der Waals surface area contributed by atoms with Crippen molar-refractivity contribution in [1.29, 1.82) is 0 Å². The molecule has 5 nitrogen and oxygen atoms in total. The minimum Gasteiger partial charge on any atom is -0.401 e. The lowest BCUT2D eigenvalue weighted by atomic mass is 9.95. The van der Waals surface area contributed by atoms with E-state index >= 15 is 0 Å². The van der Waals surface area contributed by atoms with Crippen LogP contribution in [0.3, 0.4) is 0 Å². The molecule has 2 rings (SSSR count). The van der Waals surface area contributed by atoms with Crippen LogP contribution in [0.2, 0.25) is 0 Å². The molecule has 23 heavy (non-hydrogen) atoms. The molecule has 2 aromatic rings. The van der Waals surface area contributed by atoms with Crippen LogP contribution in [0.25, 0.3) is 10.6 Å². The maximum atomic E-state index is 6.10. The van der Waals surface area contributed by atoms with Crippen LogP contribution in [0.4, 0.5) is 0 Å². The number of hydrogen-bond donors (Lipinski definition) is 2. The molecule has 0 bridgehead atoms. The first-order valence-corrected chi connectivity index (χ1v) is 9.09. The summed E-state index contributed by atoms with van der Waals surface area (Å²) in [6.07, 6.45) is 2.18. The monoisotopic (exact) mass is 333 g/mol. The maximum absolute atomic E-state index is 6.10. The van der Waals surface area contributed by atoms with Crippen molar-refractivity contribution in [3.05, 3.63) is 34.4 Å². The molecule has 0 spiro atoms. The van der Waals surface area contributed by atoms with Crippen molar-refractivity contribution < 1.29 is 0 Å². The molecule has 2 heterocycles. The van der Waals surface area contributed by atoms with Gasteiger partial charge in [-0.1, -0.05) is 13.8 Å². The SMILES string of the molecule is CCC(CC)c1cc(C)nn2c(/C(SCN)=C(\C)N)c(C)nc12. The fourth-order valence-corrected chi connectivity index (χ4v) is 3.79. The Morgan fingerprint density at radius 3 is 2.48 bits per heavy atom. The van der Waals surface area contributed by atoms with E-state index in [9.17, 15) is 0 Å². The average Bonchev–Trinajstić information content (AvgIpc) is 2.82. The number of allylic oxidation sites excluding steroid dienone is 1. The van der Waals surface area contributed by atoms with Crippen LogP contribution in [-0.2, 0) is 0 Å². The lowest BCUT2D eigenvalue weighted by Crippen LogP contribution is -2.08. The Balaban J connectivity index is 2.79. The van der Waals surface area contributed by atoms with Gasteiger partial charge in [0.2, 0.25) is 0 Å². The summed E-state index contributed by atoms with van der Waals surface area (Å²) < 4.78 is 1.95. The molecule has 4 N–H and O–H groups in total. The Kier molecular flexibility index (Phi) is 5.70. The molecule has 0 aliphatic heterocycles. The van der Waals surface area contributed by atoms with E-state index in [1.54, 1.807) is 0 Å². The van der Waals surface area contributed by atoms with Crippen molar-refractivity contribution >= 4 is 22.3 Å². The topological polar surface area (TPSA) is 82.2 Å². The summed E-state index contributed by atoms with van der Waals surface area (Å²) in [6.45, 7) is 10.4. The van der Waals surface area contributed by atoms with Crippen molar-refractivity contribution in [3.8, 4) is 0 Å². The van der Waals surface area contributed by atoms with Gasteiger partial charge < -0.3 is 11.5 Å². The van der Waals surface area contributed by atoms with E-state index in [-0.39, 0.29) is 0 Å². The largest absolute Gasteiger partial charge is 0.401 e. The molecule has 0 saturated carbocycles. The molecule has 2 aromatic heterocycles. The van der Waals surface area contributed by atoms with E-state index in [2.05, 4.69) is 19.9 Å². The van der Waals surface area contributed by atoms with Gasteiger partial charge in [-0.2, -0.15) is 5.10 Å². The summed E-state index contributed by atoms with van der Waals surface area (Å²) in [5, 5.41) is 4.70. The van der Waals surface area contributed by atoms with Gasteiger partial charge in [0.25, 0.3) is 0 Å². The molecule has 0 amide bonds. The number of rotatable bonds is 6. The van der Waals surface area contributed by atoms with E-state index < -0.39 is 0 Å². The third-order valence-corrected chi connectivity index (χ3v) is 5.11. The molecule has 0 unspecified atom stereocenters. The minimum absolute atomic E-state index is 0.474. The lowest BCUT2D eigenvalue weighted by Gasteiger charge is -2.15. The van der Waals surface area contributed by atoms with Crippen molar-refractivity contribution in [2.75, 3.05) is 5.88 Å². The fraction of sp³-hybridized carbons (Fsp3) is 0.529. The zero-order valence-corrected chi connectivity index (χ0v) is 15.5. The Labute approximate surface area is 142 Å². The Bertz CT molecular complexity index is 724. The predicted molar refractivity (Wildman–Crippen MR) is 99.2 cm³/mol. The van der Waals surface area contributed by atoms with Gasteiger partial charge in [-0.15, -0.1) is 11.8 Å². The van der Waals surface area contributed by atoms with Crippen LogP contribution >= 0.6 is 11.8 Å². The highest BCUT2D eigenvalue weighted by Crippen LogP contribution is 2.34. The van der Waals surface area contributed by atoms with Gasteiger partial charge >= 0.3 is 0 Å². The molecule has 0 fully saturated rings. The molecule has 0 atom stereocenters. The number of fused-ring (bicyclic) bond motifs is 1. The van der Waals surface area contributed by atoms with Gasteiger partial charge in [0.15, 0.2) is 5.65 Å². The molecule has 0 aromatic carbocycles. The highest BCUT2D eigenvalue weighted by Gasteiger charge is 2.21. The summed E-state index contributed by atoms with van der Waals surface area (Å²) in [5.74, 6) is 0.962. The van der Waals surface area contributed by atoms with Crippen molar-refractivity contribution in [1.82, 2.24) is 14.6 Å². The van der Waals surface area contributed by atoms with Gasteiger partial charge in [0.1, 0.15) is 5.69 Å². The standard InChI is InChI=1S/C17H27N5S/c1-6-13(7-2)14-8-10(3)21-22-15(12(5)20-17(14)22)16(11(4)19)23-9-18/h8,13H,6-7,9,18-19H2,1-5H3/b16-11-. The zero-order chi connectivity index (χ0) is 17.1. The highest BCUT2D eigenvalue weighted by molar-refractivity contribution is 8.08. The number of aromatic nitrogens is 3. The van der Waals surface area contributed by atoms with Gasteiger partial charge in [-0.05, 0) is 45.6 Å². The van der Waals surface area contributed by atoms with Crippen molar-refractivity contribution in [2.24, 2.45) is 11.5 Å². The number of nitrogens with two attached hydrogens (primary N) is 2. The summed E-state index contributed by atoms with van der Waals surface area (Å²) >= 11 is 1.53. The van der Waals surface area contributed by atoms with Gasteiger partial charge in [0.05, 0.1) is 16.3 Å². The van der Waals surface area contributed by atoms with E-state index in [4.69, 9.17) is 21.5 Å². The summed E-state index contributed by atoms with van der Waals surface area (Å²) in [5.41, 5.74) is 17.7. The molecular formula is C17H27N5S. The van der Waals surface area contributed by atoms with Crippen LogP contribution in [0, 0.1) is 13.8 Å². The van der Waals surface area contributed by atoms with E-state index in [1.165, 1.54) is 17.3 Å². The molecule has 0 aliphatic carbocycles. The molecule has 0 aliphatic rings. The quantitative estimate of drug-likeness (QED) is 0.790. The van der Waals surface area contributed by atoms with Crippen LogP contribution in [0.15, 0.2) is 11.8 Å². The lowest BCUT2D eigenvalue weighted by molar-refractivity contribution is 0.638. The number of hydrogen-bond acceptors (Lipinski definition) is 5. The second-order valence-electron chi connectivity index (χ2n) is 5.86. The number of thioether (sulfide) groups is 1. The van der Waals surface area contributed by atoms with Gasteiger partial charge in [0, 0.05) is 17.1 Å². The fourth-order valence-electron chi connectivity index (χ4n) is 3.02. The third kappa shape index (κ3) is 3.38. The van der Waals surface area contributed by atoms with Crippen LogP contribution in [0.5, 0.6) is 0 Å². The minimum atomic E-state index is 0.474. The smallest absolute Gasteiger partial charge is 0.158 e. The molecule has 0 saturated heterocycles. The van der Waals surface area contributed by atoms with Crippen LogP contribution in [0.1, 0.15) is 62.2 Å². The number of aryl methyl sites for hydroxylation is 2. The second kappa shape index (κ2) is 7.36. The first-order chi connectivity index (χ1) is 10.9. The first-order valence-electron chi connectivity index (χ1n) is 8.10. The molecular weight excluding hydrogens is 306 g/mol. The molecule has 0 radical (unpaired) electrons. The normalized spacial score (nSPS) is 13.0. The average molecular weight is 334 g/mol. The summed E-state index contributed by atoms with van der Waals surface area (Å²) in [6, 6.07) is 2.16. The maximum Gasteiger partial charge on any atom is 0.158 e. The second-order valence-corrected chi connectivity index (χ2v) is 6.89. The van der Waals surface area contributed by atoms with Crippen molar-refractivity contribution in [2.45, 2.75) is 53.4 Å². The number of nitrogens with zero attached hydrogens (tertiary/aromatic N) is 3.